The van der Waals surface area contributed by atoms with Crippen molar-refractivity contribution >= 4 is 65.7 Å². The first-order valence-corrected chi connectivity index (χ1v) is 25.5. The van der Waals surface area contributed by atoms with Crippen LogP contribution >= 0.6 is 0 Å². The zero-order valence-corrected chi connectivity index (χ0v) is 40.9. The number of hydrogen-bond acceptors (Lipinski definition) is 6. The molecular formula is C70H42N4O2. The van der Waals surface area contributed by atoms with E-state index in [1.807, 2.05) is 54.7 Å². The van der Waals surface area contributed by atoms with E-state index in [9.17, 15) is 0 Å². The van der Waals surface area contributed by atoms with Gasteiger partial charge in [-0.3, -0.25) is 4.98 Å². The van der Waals surface area contributed by atoms with Crippen molar-refractivity contribution < 1.29 is 8.83 Å². The molecule has 0 atom stereocenters. The van der Waals surface area contributed by atoms with Crippen molar-refractivity contribution in [2.75, 3.05) is 0 Å². The Bertz CT molecular complexity index is 4610. The average molecular weight is 971 g/mol. The summed E-state index contributed by atoms with van der Waals surface area (Å²) >= 11 is 0. The highest BCUT2D eigenvalue weighted by atomic mass is 16.3. The lowest BCUT2D eigenvalue weighted by atomic mass is 9.91. The fraction of sp³-hybridized carbons (Fsp3) is 0. The molecule has 0 spiro atoms. The molecule has 0 N–H and O–H groups in total. The Kier molecular flexibility index (Phi) is 10.1. The van der Waals surface area contributed by atoms with Crippen molar-refractivity contribution in [3.8, 4) is 89.7 Å². The van der Waals surface area contributed by atoms with Crippen LogP contribution in [0.4, 0.5) is 0 Å². The highest BCUT2D eigenvalue weighted by Crippen LogP contribution is 2.42. The minimum Gasteiger partial charge on any atom is -0.455 e. The molecule has 0 bridgehead atoms. The molecule has 0 saturated heterocycles. The standard InChI is InChI=1S/C70H42N4O2/c1-2-14-45(15-3-1)70-73-62(51-21-10-20-50(38-51)61-34-33-44-32-31-43-22-13-35-71-66(43)67(44)72-61)42-63(74-70)54-40-52(46-16-8-18-48(36-46)55-25-11-27-59-57-23-4-6-29-64(57)75-68(55)59)39-53(41-54)47-17-9-19-49(37-47)56-26-12-28-60-58-24-5-7-30-65(58)76-69(56)60/h1-42H. The molecule has 0 saturated carbocycles. The molecule has 76 heavy (non-hydrogen) atoms. The van der Waals surface area contributed by atoms with Crippen molar-refractivity contribution in [3.63, 3.8) is 0 Å². The second-order valence-corrected chi connectivity index (χ2v) is 19.3. The van der Waals surface area contributed by atoms with Gasteiger partial charge >= 0.3 is 0 Å². The maximum absolute atomic E-state index is 6.56. The molecule has 354 valence electrons. The van der Waals surface area contributed by atoms with Crippen LogP contribution in [0.5, 0.6) is 0 Å². The Morgan fingerprint density at radius 2 is 0.724 bits per heavy atom. The van der Waals surface area contributed by atoms with Crippen LogP contribution in [0.15, 0.2) is 264 Å². The Labute approximate surface area is 436 Å². The van der Waals surface area contributed by atoms with Gasteiger partial charge in [-0.05, 0) is 100 Å². The molecule has 0 amide bonds. The summed E-state index contributed by atoms with van der Waals surface area (Å²) in [5, 5.41) is 6.51. The first-order valence-electron chi connectivity index (χ1n) is 25.5. The number of nitrogens with zero attached hydrogens (tertiary/aromatic N) is 4. The lowest BCUT2D eigenvalue weighted by molar-refractivity contribution is 0.669. The van der Waals surface area contributed by atoms with E-state index in [1.54, 1.807) is 0 Å². The summed E-state index contributed by atoms with van der Waals surface area (Å²) in [7, 11) is 0. The molecule has 5 heterocycles. The van der Waals surface area contributed by atoms with Gasteiger partial charge < -0.3 is 8.83 Å². The van der Waals surface area contributed by atoms with Gasteiger partial charge in [0.15, 0.2) is 5.82 Å². The fourth-order valence-corrected chi connectivity index (χ4v) is 11.0. The summed E-state index contributed by atoms with van der Waals surface area (Å²) in [5.41, 5.74) is 20.0. The molecule has 6 heteroatoms. The molecule has 0 aliphatic carbocycles. The molecule has 15 aromatic rings. The molecule has 0 radical (unpaired) electrons. The van der Waals surface area contributed by atoms with Crippen LogP contribution in [-0.4, -0.2) is 19.9 Å². The number of fused-ring (bicyclic) bond motifs is 9. The molecular weight excluding hydrogens is 929 g/mol. The normalized spacial score (nSPS) is 11.7. The average Bonchev–Trinajstić information content (AvgIpc) is 4.09. The van der Waals surface area contributed by atoms with Gasteiger partial charge in [0.05, 0.1) is 28.1 Å². The number of hydrogen-bond donors (Lipinski definition) is 0. The Hall–Kier alpha value is -10.3. The molecule has 0 unspecified atom stereocenters. The number of para-hydroxylation sites is 4. The number of rotatable bonds is 8. The van der Waals surface area contributed by atoms with Crippen molar-refractivity contribution in [2.24, 2.45) is 0 Å². The monoisotopic (exact) mass is 970 g/mol. The summed E-state index contributed by atoms with van der Waals surface area (Å²) in [6.45, 7) is 0. The van der Waals surface area contributed by atoms with Gasteiger partial charge in [0.25, 0.3) is 0 Å². The van der Waals surface area contributed by atoms with Crippen LogP contribution in [0, 0.1) is 0 Å². The smallest absolute Gasteiger partial charge is 0.160 e. The van der Waals surface area contributed by atoms with Crippen LogP contribution in [-0.2, 0) is 0 Å². The predicted octanol–water partition coefficient (Wildman–Crippen LogP) is 18.7. The molecule has 0 aliphatic rings. The number of benzene rings is 10. The molecule has 0 aliphatic heterocycles. The third kappa shape index (κ3) is 7.50. The molecule has 0 fully saturated rings. The van der Waals surface area contributed by atoms with E-state index in [2.05, 4.69) is 200 Å². The lowest BCUT2D eigenvalue weighted by Gasteiger charge is -2.15. The van der Waals surface area contributed by atoms with E-state index in [4.69, 9.17) is 28.8 Å². The van der Waals surface area contributed by atoms with Crippen LogP contribution in [0.3, 0.4) is 0 Å². The number of aromatic nitrogens is 4. The summed E-state index contributed by atoms with van der Waals surface area (Å²) in [6.07, 6.45) is 1.83. The molecule has 10 aromatic carbocycles. The van der Waals surface area contributed by atoms with E-state index in [0.29, 0.717) is 5.82 Å². The first-order chi connectivity index (χ1) is 37.6. The lowest BCUT2D eigenvalue weighted by Crippen LogP contribution is -1.97. The minimum atomic E-state index is 0.633. The summed E-state index contributed by atoms with van der Waals surface area (Å²) in [4.78, 5) is 20.6. The topological polar surface area (TPSA) is 77.8 Å². The molecule has 6 nitrogen and oxygen atoms in total. The van der Waals surface area contributed by atoms with E-state index >= 15 is 0 Å². The van der Waals surface area contributed by atoms with Gasteiger partial charge in [0.2, 0.25) is 0 Å². The van der Waals surface area contributed by atoms with Crippen molar-refractivity contribution in [1.29, 1.82) is 0 Å². The minimum absolute atomic E-state index is 0.633. The maximum atomic E-state index is 6.56. The zero-order chi connectivity index (χ0) is 50.1. The highest BCUT2D eigenvalue weighted by Gasteiger charge is 2.18. The zero-order valence-electron chi connectivity index (χ0n) is 40.9. The van der Waals surface area contributed by atoms with E-state index < -0.39 is 0 Å². The summed E-state index contributed by atoms with van der Waals surface area (Å²) in [6, 6.07) is 87.0. The first kappa shape index (κ1) is 43.3. The second-order valence-electron chi connectivity index (χ2n) is 19.3. The second kappa shape index (κ2) is 17.7. The van der Waals surface area contributed by atoms with Crippen LogP contribution in [0.1, 0.15) is 0 Å². The summed E-state index contributed by atoms with van der Waals surface area (Å²) < 4.78 is 13.1. The van der Waals surface area contributed by atoms with Crippen molar-refractivity contribution in [3.05, 3.63) is 255 Å². The number of furan rings is 2. The van der Waals surface area contributed by atoms with Crippen LogP contribution < -0.4 is 0 Å². The quantitative estimate of drug-likeness (QED) is 0.141. The van der Waals surface area contributed by atoms with E-state index in [-0.39, 0.29) is 0 Å². The largest absolute Gasteiger partial charge is 0.455 e. The van der Waals surface area contributed by atoms with Gasteiger partial charge in [-0.15, -0.1) is 0 Å². The molecule has 5 aromatic heterocycles. The summed E-state index contributed by atoms with van der Waals surface area (Å²) in [5.74, 6) is 0.633. The van der Waals surface area contributed by atoms with Gasteiger partial charge in [0.1, 0.15) is 22.3 Å². The van der Waals surface area contributed by atoms with Gasteiger partial charge in [-0.25, -0.2) is 15.0 Å². The van der Waals surface area contributed by atoms with Crippen molar-refractivity contribution in [1.82, 2.24) is 19.9 Å². The third-order valence-electron chi connectivity index (χ3n) is 14.7. The van der Waals surface area contributed by atoms with Gasteiger partial charge in [-0.1, -0.05) is 182 Å². The predicted molar refractivity (Wildman–Crippen MR) is 311 cm³/mol. The van der Waals surface area contributed by atoms with E-state index in [0.717, 1.165) is 150 Å². The molecule has 15 rings (SSSR count). The third-order valence-corrected chi connectivity index (χ3v) is 14.7. The van der Waals surface area contributed by atoms with Gasteiger partial charge in [-0.2, -0.15) is 0 Å². The fourth-order valence-electron chi connectivity index (χ4n) is 11.0. The Morgan fingerprint density at radius 3 is 1.37 bits per heavy atom. The van der Waals surface area contributed by atoms with Gasteiger partial charge in [0, 0.05) is 71.9 Å². The Morgan fingerprint density at radius 1 is 0.263 bits per heavy atom. The maximum Gasteiger partial charge on any atom is 0.160 e. The Balaban J connectivity index is 0.905. The van der Waals surface area contributed by atoms with Crippen molar-refractivity contribution in [2.45, 2.75) is 0 Å². The van der Waals surface area contributed by atoms with Crippen LogP contribution in [0.25, 0.3) is 155 Å². The van der Waals surface area contributed by atoms with Crippen LogP contribution in [0.2, 0.25) is 0 Å². The van der Waals surface area contributed by atoms with E-state index in [1.165, 1.54) is 0 Å². The number of pyridine rings is 2. The SMILES string of the molecule is c1ccc(-c2nc(-c3cc(-c4cccc(-c5cccc6c5oc5ccccc56)c4)cc(-c4cccc(-c5cccc6c5oc5ccccc56)c4)c3)cc(-c3cccc(-c4ccc5ccc6cccnc6c5n4)c3)n2)cc1. The highest BCUT2D eigenvalue weighted by molar-refractivity contribution is 6.11.